The number of nitrogens with one attached hydrogen (secondary N) is 1. The lowest BCUT2D eigenvalue weighted by molar-refractivity contribution is -0.274. The average Bonchev–Trinajstić information content (AvgIpc) is 2.85. The molecule has 2 amide bonds. The van der Waals surface area contributed by atoms with Crippen molar-refractivity contribution in [2.24, 2.45) is 0 Å². The number of benzene rings is 2. The Hall–Kier alpha value is -3.22. The fraction of sp³-hybridized carbons (Fsp3) is 0.481. The first-order valence-electron chi connectivity index (χ1n) is 12.8. The molecule has 1 aliphatic heterocycles. The molecule has 2 aromatic carbocycles. The summed E-state index contributed by atoms with van der Waals surface area (Å²) in [6.45, 7) is 5.84. The molecule has 3 rings (SSSR count). The molecule has 1 heterocycles. The number of carbonyl (C=O) groups is 2. The molecule has 40 heavy (non-hydrogen) atoms. The summed E-state index contributed by atoms with van der Waals surface area (Å²) in [7, 11) is 1.55. The molecule has 220 valence electrons. The van der Waals surface area contributed by atoms with E-state index in [0.29, 0.717) is 24.2 Å². The number of para-hydroxylation sites is 1. The SMILES string of the molecule is CN(CCC(=O)N1CCCCC1N(O)Nc1ccc(-c2ccccc2OC(F)(F)F)c(Cl)c1)C(=O)OC(C)(C)C. The molecule has 2 aromatic rings. The first kappa shape index (κ1) is 31.3. The smallest absolute Gasteiger partial charge is 0.444 e. The molecule has 9 nitrogen and oxygen atoms in total. The summed E-state index contributed by atoms with van der Waals surface area (Å²) in [6, 6.07) is 10.1. The van der Waals surface area contributed by atoms with Crippen molar-refractivity contribution in [2.75, 3.05) is 25.6 Å². The Kier molecular flexibility index (Phi) is 10.1. The standard InChI is InChI=1S/C27H34ClF3N4O5/c1-26(2,3)40-25(37)33(4)16-14-24(36)34-15-8-7-11-23(34)35(38)32-18-12-13-19(21(28)17-18)20-9-5-6-10-22(20)39-27(29,30)31/h5-6,9-10,12-13,17,23,32,38H,7-8,11,14-16H2,1-4H3. The maximum absolute atomic E-state index is 13.0. The van der Waals surface area contributed by atoms with E-state index >= 15 is 0 Å². The van der Waals surface area contributed by atoms with Gasteiger partial charge in [-0.15, -0.1) is 13.2 Å². The van der Waals surface area contributed by atoms with Crippen molar-refractivity contribution in [1.82, 2.24) is 15.0 Å². The second kappa shape index (κ2) is 13.0. The number of hydrogen-bond acceptors (Lipinski definition) is 7. The van der Waals surface area contributed by atoms with Gasteiger partial charge in [-0.3, -0.25) is 15.4 Å². The fourth-order valence-corrected chi connectivity index (χ4v) is 4.49. The molecule has 1 fully saturated rings. The molecule has 0 spiro atoms. The number of hydrazine groups is 1. The van der Waals surface area contributed by atoms with Gasteiger partial charge in [0.25, 0.3) is 0 Å². The van der Waals surface area contributed by atoms with Crippen LogP contribution < -0.4 is 10.2 Å². The highest BCUT2D eigenvalue weighted by atomic mass is 35.5. The van der Waals surface area contributed by atoms with Gasteiger partial charge >= 0.3 is 12.5 Å². The minimum Gasteiger partial charge on any atom is -0.444 e. The Balaban J connectivity index is 1.67. The Labute approximate surface area is 236 Å². The zero-order valence-corrected chi connectivity index (χ0v) is 23.6. The van der Waals surface area contributed by atoms with Crippen LogP contribution in [0.15, 0.2) is 42.5 Å². The summed E-state index contributed by atoms with van der Waals surface area (Å²) in [6.07, 6.45) is -4.01. The predicted octanol–water partition coefficient (Wildman–Crippen LogP) is 6.52. The van der Waals surface area contributed by atoms with Gasteiger partial charge < -0.3 is 19.3 Å². The number of piperidine rings is 1. The van der Waals surface area contributed by atoms with Crippen LogP contribution in [0.4, 0.5) is 23.7 Å². The van der Waals surface area contributed by atoms with Gasteiger partial charge in [0.1, 0.15) is 17.5 Å². The van der Waals surface area contributed by atoms with Crippen LogP contribution in [0, 0.1) is 0 Å². The molecule has 0 saturated carbocycles. The van der Waals surface area contributed by atoms with Crippen LogP contribution in [0.5, 0.6) is 5.75 Å². The van der Waals surface area contributed by atoms with Crippen LogP contribution in [0.3, 0.4) is 0 Å². The van der Waals surface area contributed by atoms with Gasteiger partial charge in [0.15, 0.2) is 0 Å². The molecule has 0 bridgehead atoms. The normalized spacial score (nSPS) is 16.1. The molecule has 0 radical (unpaired) electrons. The molecule has 0 aliphatic carbocycles. The molecule has 1 saturated heterocycles. The molecule has 13 heteroatoms. The lowest BCUT2D eigenvalue weighted by Gasteiger charge is -2.40. The Morgan fingerprint density at radius 2 is 1.82 bits per heavy atom. The second-order valence-electron chi connectivity index (χ2n) is 10.4. The third-order valence-corrected chi connectivity index (χ3v) is 6.37. The summed E-state index contributed by atoms with van der Waals surface area (Å²) in [5, 5.41) is 11.8. The summed E-state index contributed by atoms with van der Waals surface area (Å²) in [4.78, 5) is 28.1. The summed E-state index contributed by atoms with van der Waals surface area (Å²) < 4.78 is 48.0. The molecule has 2 N–H and O–H groups in total. The van der Waals surface area contributed by atoms with Gasteiger partial charge in [0.2, 0.25) is 5.91 Å². The van der Waals surface area contributed by atoms with Gasteiger partial charge in [0.05, 0.1) is 10.7 Å². The quantitative estimate of drug-likeness (QED) is 0.340. The zero-order chi connectivity index (χ0) is 29.7. The van der Waals surface area contributed by atoms with E-state index in [9.17, 15) is 28.0 Å². The third kappa shape index (κ3) is 8.90. The van der Waals surface area contributed by atoms with Crippen molar-refractivity contribution < 1.29 is 37.4 Å². The lowest BCUT2D eigenvalue weighted by atomic mass is 10.0. The summed E-state index contributed by atoms with van der Waals surface area (Å²) in [5.74, 6) is -0.634. The Morgan fingerprint density at radius 3 is 2.48 bits per heavy atom. The monoisotopic (exact) mass is 586 g/mol. The number of ether oxygens (including phenoxy) is 2. The van der Waals surface area contributed by atoms with Gasteiger partial charge in [0, 0.05) is 37.7 Å². The average molecular weight is 587 g/mol. The molecule has 1 atom stereocenters. The van der Waals surface area contributed by atoms with Gasteiger partial charge in [-0.25, -0.2) is 4.79 Å². The van der Waals surface area contributed by atoms with Crippen molar-refractivity contribution in [2.45, 2.75) is 64.6 Å². The van der Waals surface area contributed by atoms with Gasteiger partial charge in [-0.1, -0.05) is 41.0 Å². The molecular formula is C27H34ClF3N4O5. The van der Waals surface area contributed by atoms with Crippen LogP contribution in [0.25, 0.3) is 11.1 Å². The van der Waals surface area contributed by atoms with E-state index in [1.54, 1.807) is 44.9 Å². The van der Waals surface area contributed by atoms with E-state index in [2.05, 4.69) is 10.2 Å². The molecule has 1 unspecified atom stereocenters. The van der Waals surface area contributed by atoms with E-state index in [-0.39, 0.29) is 29.5 Å². The number of anilines is 1. The first-order valence-corrected chi connectivity index (χ1v) is 13.2. The van der Waals surface area contributed by atoms with Gasteiger partial charge in [-0.05, 0) is 58.2 Å². The van der Waals surface area contributed by atoms with Crippen molar-refractivity contribution in [3.8, 4) is 16.9 Å². The number of hydroxylamine groups is 1. The number of alkyl halides is 3. The maximum Gasteiger partial charge on any atom is 0.573 e. The largest absolute Gasteiger partial charge is 0.573 e. The van der Waals surface area contributed by atoms with E-state index in [1.807, 2.05) is 0 Å². The number of hydrogen-bond donors (Lipinski definition) is 2. The first-order chi connectivity index (χ1) is 18.6. The van der Waals surface area contributed by atoms with Crippen LogP contribution in [-0.4, -0.2) is 70.4 Å². The summed E-state index contributed by atoms with van der Waals surface area (Å²) in [5.41, 5.74) is 2.95. The number of rotatable bonds is 8. The Bertz CT molecular complexity index is 1190. The van der Waals surface area contributed by atoms with Gasteiger partial charge in [-0.2, -0.15) is 0 Å². The number of nitrogens with zero attached hydrogens (tertiary/aromatic N) is 3. The molecular weight excluding hydrogens is 553 g/mol. The van der Waals surface area contributed by atoms with Crippen molar-refractivity contribution in [3.05, 3.63) is 47.5 Å². The van der Waals surface area contributed by atoms with E-state index in [1.165, 1.54) is 35.2 Å². The number of halogens is 4. The third-order valence-electron chi connectivity index (χ3n) is 6.06. The van der Waals surface area contributed by atoms with Crippen molar-refractivity contribution in [3.63, 3.8) is 0 Å². The van der Waals surface area contributed by atoms with Crippen molar-refractivity contribution in [1.29, 1.82) is 0 Å². The highest BCUT2D eigenvalue weighted by molar-refractivity contribution is 6.33. The highest BCUT2D eigenvalue weighted by Gasteiger charge is 2.33. The predicted molar refractivity (Wildman–Crippen MR) is 144 cm³/mol. The molecule has 1 aliphatic rings. The topological polar surface area (TPSA) is 94.6 Å². The second-order valence-corrected chi connectivity index (χ2v) is 10.8. The number of carbonyl (C=O) groups excluding carboxylic acids is 2. The maximum atomic E-state index is 13.0. The zero-order valence-electron chi connectivity index (χ0n) is 22.8. The Morgan fingerprint density at radius 1 is 1.12 bits per heavy atom. The number of amides is 2. The van der Waals surface area contributed by atoms with Crippen LogP contribution in [0.2, 0.25) is 5.02 Å². The highest BCUT2D eigenvalue weighted by Crippen LogP contribution is 2.38. The fourth-order valence-electron chi connectivity index (χ4n) is 4.21. The summed E-state index contributed by atoms with van der Waals surface area (Å²) >= 11 is 6.41. The molecule has 0 aromatic heterocycles. The van der Waals surface area contributed by atoms with Crippen molar-refractivity contribution >= 4 is 29.3 Å². The van der Waals surface area contributed by atoms with E-state index < -0.39 is 30.0 Å². The van der Waals surface area contributed by atoms with E-state index in [4.69, 9.17) is 16.3 Å². The minimum absolute atomic E-state index is 0.0417. The lowest BCUT2D eigenvalue weighted by Crippen LogP contribution is -2.54. The van der Waals surface area contributed by atoms with Crippen LogP contribution in [0.1, 0.15) is 46.5 Å². The number of likely N-dealkylation sites (tertiary alicyclic amines) is 1. The van der Waals surface area contributed by atoms with Crippen LogP contribution >= 0.6 is 11.6 Å². The van der Waals surface area contributed by atoms with Crippen LogP contribution in [-0.2, 0) is 9.53 Å². The van der Waals surface area contributed by atoms with E-state index in [0.717, 1.165) is 18.0 Å². The minimum atomic E-state index is -4.87.